The van der Waals surface area contributed by atoms with Crippen LogP contribution in [0.3, 0.4) is 0 Å². The van der Waals surface area contributed by atoms with Crippen molar-refractivity contribution in [2.75, 3.05) is 14.1 Å². The van der Waals surface area contributed by atoms with Gasteiger partial charge in [-0.3, -0.25) is 4.79 Å². The molecular formula is C14H18N2O2. The molecule has 0 bridgehead atoms. The molecule has 1 amide bonds. The molecule has 4 heteroatoms. The van der Waals surface area contributed by atoms with Crippen LogP contribution in [0.1, 0.15) is 12.0 Å². The van der Waals surface area contributed by atoms with Crippen molar-refractivity contribution in [1.82, 2.24) is 9.47 Å². The van der Waals surface area contributed by atoms with Crippen molar-refractivity contribution in [2.45, 2.75) is 19.6 Å². The van der Waals surface area contributed by atoms with Crippen molar-refractivity contribution in [3.05, 3.63) is 36.0 Å². The summed E-state index contributed by atoms with van der Waals surface area (Å²) in [5.41, 5.74) is 1.97. The largest absolute Gasteiger partial charge is 0.392 e. The predicted molar refractivity (Wildman–Crippen MR) is 71.2 cm³/mol. The molecule has 0 atom stereocenters. The summed E-state index contributed by atoms with van der Waals surface area (Å²) < 4.78 is 2.03. The first-order chi connectivity index (χ1) is 8.63. The molecule has 2 rings (SSSR count). The third-order valence-electron chi connectivity index (χ3n) is 3.11. The third kappa shape index (κ3) is 2.38. The summed E-state index contributed by atoms with van der Waals surface area (Å²) in [6.07, 6.45) is 2.39. The van der Waals surface area contributed by atoms with Gasteiger partial charge in [-0.1, -0.05) is 18.2 Å². The van der Waals surface area contributed by atoms with E-state index in [2.05, 4.69) is 0 Å². The van der Waals surface area contributed by atoms with E-state index in [1.807, 2.05) is 35.0 Å². The summed E-state index contributed by atoms with van der Waals surface area (Å²) >= 11 is 0. The average Bonchev–Trinajstić information content (AvgIpc) is 2.74. The van der Waals surface area contributed by atoms with E-state index in [0.717, 1.165) is 16.5 Å². The number of fused-ring (bicyclic) bond motifs is 1. The Kier molecular flexibility index (Phi) is 3.67. The highest BCUT2D eigenvalue weighted by molar-refractivity contribution is 5.84. The second kappa shape index (κ2) is 5.23. The molecule has 1 N–H and O–H groups in total. The van der Waals surface area contributed by atoms with E-state index in [1.54, 1.807) is 19.0 Å². The van der Waals surface area contributed by atoms with Crippen LogP contribution in [0.2, 0.25) is 0 Å². The first-order valence-corrected chi connectivity index (χ1v) is 6.01. The number of amides is 1. The maximum atomic E-state index is 11.6. The van der Waals surface area contributed by atoms with Crippen LogP contribution in [0, 0.1) is 0 Å². The van der Waals surface area contributed by atoms with Gasteiger partial charge in [0.05, 0.1) is 6.61 Å². The molecule has 0 saturated carbocycles. The van der Waals surface area contributed by atoms with E-state index in [4.69, 9.17) is 0 Å². The lowest BCUT2D eigenvalue weighted by Crippen LogP contribution is -2.22. The minimum Gasteiger partial charge on any atom is -0.392 e. The van der Waals surface area contributed by atoms with Gasteiger partial charge in [-0.15, -0.1) is 0 Å². The molecule has 2 aromatic rings. The maximum Gasteiger partial charge on any atom is 0.223 e. The summed E-state index contributed by atoms with van der Waals surface area (Å²) in [6, 6.07) is 7.92. The van der Waals surface area contributed by atoms with Crippen LogP contribution in [-0.2, 0) is 17.9 Å². The number of nitrogens with zero attached hydrogens (tertiary/aromatic N) is 2. The smallest absolute Gasteiger partial charge is 0.223 e. The Bertz CT molecular complexity index is 558. The van der Waals surface area contributed by atoms with Gasteiger partial charge in [-0.25, -0.2) is 0 Å². The Morgan fingerprint density at radius 2 is 2.06 bits per heavy atom. The molecule has 0 aliphatic carbocycles. The molecule has 1 aromatic heterocycles. The zero-order chi connectivity index (χ0) is 13.1. The number of benzene rings is 1. The predicted octanol–water partition coefficient (Wildman–Crippen LogP) is 1.61. The van der Waals surface area contributed by atoms with Gasteiger partial charge < -0.3 is 14.6 Å². The number of carbonyl (C=O) groups excluding carboxylic acids is 1. The average molecular weight is 246 g/mol. The maximum absolute atomic E-state index is 11.6. The SMILES string of the molecule is CN(C)C(=O)CCn1cc(CO)c2ccccc21. The number of aromatic nitrogens is 1. The van der Waals surface area contributed by atoms with Gasteiger partial charge in [0.15, 0.2) is 0 Å². The van der Waals surface area contributed by atoms with Crippen molar-refractivity contribution in [3.63, 3.8) is 0 Å². The molecule has 0 fully saturated rings. The lowest BCUT2D eigenvalue weighted by Gasteiger charge is -2.10. The van der Waals surface area contributed by atoms with Crippen LogP contribution >= 0.6 is 0 Å². The molecule has 0 aliphatic rings. The molecule has 0 radical (unpaired) electrons. The summed E-state index contributed by atoms with van der Waals surface area (Å²) in [5.74, 6) is 0.110. The van der Waals surface area contributed by atoms with E-state index >= 15 is 0 Å². The quantitative estimate of drug-likeness (QED) is 0.891. The first kappa shape index (κ1) is 12.6. The first-order valence-electron chi connectivity index (χ1n) is 6.01. The Morgan fingerprint density at radius 1 is 1.33 bits per heavy atom. The summed E-state index contributed by atoms with van der Waals surface area (Å²) in [4.78, 5) is 13.2. The number of rotatable bonds is 4. The summed E-state index contributed by atoms with van der Waals surface area (Å²) in [5, 5.41) is 10.4. The van der Waals surface area contributed by atoms with Gasteiger partial charge in [0.2, 0.25) is 5.91 Å². The second-order valence-corrected chi connectivity index (χ2v) is 4.56. The van der Waals surface area contributed by atoms with Crippen LogP contribution in [0.5, 0.6) is 0 Å². The van der Waals surface area contributed by atoms with Crippen molar-refractivity contribution in [1.29, 1.82) is 0 Å². The number of aryl methyl sites for hydroxylation is 1. The number of para-hydroxylation sites is 1. The molecule has 1 aromatic carbocycles. The van der Waals surface area contributed by atoms with Crippen LogP contribution in [0.25, 0.3) is 10.9 Å². The molecule has 96 valence electrons. The van der Waals surface area contributed by atoms with Gasteiger partial charge in [0.25, 0.3) is 0 Å². The molecule has 18 heavy (non-hydrogen) atoms. The topological polar surface area (TPSA) is 45.5 Å². The molecule has 4 nitrogen and oxygen atoms in total. The molecule has 0 unspecified atom stereocenters. The van der Waals surface area contributed by atoms with E-state index in [1.165, 1.54) is 0 Å². The summed E-state index contributed by atoms with van der Waals surface area (Å²) in [6.45, 7) is 0.659. The van der Waals surface area contributed by atoms with Crippen molar-refractivity contribution in [2.24, 2.45) is 0 Å². The van der Waals surface area contributed by atoms with E-state index in [0.29, 0.717) is 13.0 Å². The highest BCUT2D eigenvalue weighted by Gasteiger charge is 2.09. The minimum atomic E-state index is 0.0230. The lowest BCUT2D eigenvalue weighted by molar-refractivity contribution is -0.128. The standard InChI is InChI=1S/C14H18N2O2/c1-15(2)14(18)7-8-16-9-11(10-17)12-5-3-4-6-13(12)16/h3-6,9,17H,7-8,10H2,1-2H3. The number of carbonyl (C=O) groups is 1. The molecule has 0 saturated heterocycles. The molecule has 0 aliphatic heterocycles. The lowest BCUT2D eigenvalue weighted by atomic mass is 10.2. The normalized spacial score (nSPS) is 10.8. The highest BCUT2D eigenvalue weighted by atomic mass is 16.3. The van der Waals surface area contributed by atoms with Crippen LogP contribution in [0.4, 0.5) is 0 Å². The van der Waals surface area contributed by atoms with Crippen molar-refractivity contribution in [3.8, 4) is 0 Å². The Labute approximate surface area is 106 Å². The fourth-order valence-corrected chi connectivity index (χ4v) is 2.07. The number of aliphatic hydroxyl groups excluding tert-OH is 1. The van der Waals surface area contributed by atoms with Crippen LogP contribution in [-0.4, -0.2) is 34.6 Å². The third-order valence-corrected chi connectivity index (χ3v) is 3.11. The Morgan fingerprint density at radius 3 is 2.72 bits per heavy atom. The van der Waals surface area contributed by atoms with E-state index in [9.17, 15) is 9.90 Å². The second-order valence-electron chi connectivity index (χ2n) is 4.56. The minimum absolute atomic E-state index is 0.0230. The molecular weight excluding hydrogens is 228 g/mol. The van der Waals surface area contributed by atoms with Crippen LogP contribution in [0.15, 0.2) is 30.5 Å². The number of hydrogen-bond donors (Lipinski definition) is 1. The van der Waals surface area contributed by atoms with Crippen molar-refractivity contribution >= 4 is 16.8 Å². The monoisotopic (exact) mass is 246 g/mol. The zero-order valence-corrected chi connectivity index (χ0v) is 10.8. The van der Waals surface area contributed by atoms with E-state index < -0.39 is 0 Å². The fourth-order valence-electron chi connectivity index (χ4n) is 2.07. The molecule has 1 heterocycles. The fraction of sp³-hybridized carbons (Fsp3) is 0.357. The highest BCUT2D eigenvalue weighted by Crippen LogP contribution is 2.21. The zero-order valence-electron chi connectivity index (χ0n) is 10.8. The van der Waals surface area contributed by atoms with Gasteiger partial charge in [-0.05, 0) is 6.07 Å². The van der Waals surface area contributed by atoms with Crippen molar-refractivity contribution < 1.29 is 9.90 Å². The summed E-state index contributed by atoms with van der Waals surface area (Å²) in [7, 11) is 3.52. The van der Waals surface area contributed by atoms with E-state index in [-0.39, 0.29) is 12.5 Å². The molecule has 0 spiro atoms. The number of hydrogen-bond acceptors (Lipinski definition) is 2. The van der Waals surface area contributed by atoms with Gasteiger partial charge in [0, 0.05) is 49.7 Å². The Hall–Kier alpha value is -1.81. The Balaban J connectivity index is 2.26. The van der Waals surface area contributed by atoms with Gasteiger partial charge >= 0.3 is 0 Å². The van der Waals surface area contributed by atoms with Crippen LogP contribution < -0.4 is 0 Å². The number of aliphatic hydroxyl groups is 1. The van der Waals surface area contributed by atoms with Gasteiger partial charge in [-0.2, -0.15) is 0 Å². The van der Waals surface area contributed by atoms with Gasteiger partial charge in [0.1, 0.15) is 0 Å².